The van der Waals surface area contributed by atoms with Gasteiger partial charge in [-0.15, -0.1) is 0 Å². The van der Waals surface area contributed by atoms with Gasteiger partial charge in [-0.25, -0.2) is 13.6 Å². The van der Waals surface area contributed by atoms with Crippen LogP contribution in [0.2, 0.25) is 0 Å². The fourth-order valence-corrected chi connectivity index (χ4v) is 2.14. The van der Waals surface area contributed by atoms with E-state index in [2.05, 4.69) is 4.74 Å². The van der Waals surface area contributed by atoms with Crippen LogP contribution in [0.1, 0.15) is 17.2 Å². The summed E-state index contributed by atoms with van der Waals surface area (Å²) >= 11 is 0. The number of rotatable bonds is 4. The smallest absolute Gasteiger partial charge is 0.367 e. The Hall–Kier alpha value is -1.12. The molecule has 1 rings (SSSR count). The standard InChI is InChI=1S/C10H12F3NO3S/c1-17-9(10(11,12)13)8-4-2-7(3-5-8)6-18(14,15)16/h2-5,9H,6H2,1H3,(H2,14,15,16). The molecular formula is C10H12F3NO3S. The number of alkyl halides is 3. The topological polar surface area (TPSA) is 69.4 Å². The molecule has 1 aromatic rings. The van der Waals surface area contributed by atoms with Gasteiger partial charge in [-0.3, -0.25) is 0 Å². The third kappa shape index (κ3) is 4.28. The first kappa shape index (κ1) is 14.9. The van der Waals surface area contributed by atoms with Crippen LogP contribution in [0.15, 0.2) is 24.3 Å². The summed E-state index contributed by atoms with van der Waals surface area (Å²) in [5.74, 6) is -0.420. The average Bonchev–Trinajstić information content (AvgIpc) is 2.17. The highest BCUT2D eigenvalue weighted by atomic mass is 32.2. The molecule has 0 radical (unpaired) electrons. The molecule has 0 amide bonds. The Bertz CT molecular complexity index is 496. The molecule has 0 saturated heterocycles. The predicted molar refractivity (Wildman–Crippen MR) is 59.1 cm³/mol. The molecular weight excluding hydrogens is 271 g/mol. The first-order valence-corrected chi connectivity index (χ1v) is 6.54. The molecule has 0 spiro atoms. The number of methoxy groups -OCH3 is 1. The Kier molecular flexibility index (Phi) is 4.36. The summed E-state index contributed by atoms with van der Waals surface area (Å²) < 4.78 is 63.6. The van der Waals surface area contributed by atoms with Crippen LogP contribution in [0.3, 0.4) is 0 Å². The van der Waals surface area contributed by atoms with Gasteiger partial charge in [0, 0.05) is 7.11 Å². The third-order valence-electron chi connectivity index (χ3n) is 2.18. The molecule has 0 saturated carbocycles. The highest BCUT2D eigenvalue weighted by Gasteiger charge is 2.41. The summed E-state index contributed by atoms with van der Waals surface area (Å²) in [6, 6.07) is 4.89. The molecule has 4 nitrogen and oxygen atoms in total. The zero-order valence-corrected chi connectivity index (χ0v) is 10.3. The maximum atomic E-state index is 12.5. The van der Waals surface area contributed by atoms with Crippen molar-refractivity contribution < 1.29 is 26.3 Å². The largest absolute Gasteiger partial charge is 0.418 e. The normalized spacial score (nSPS) is 14.5. The zero-order valence-electron chi connectivity index (χ0n) is 9.44. The van der Waals surface area contributed by atoms with Gasteiger partial charge in [0.15, 0.2) is 6.10 Å². The predicted octanol–water partition coefficient (Wildman–Crippen LogP) is 1.72. The van der Waals surface area contributed by atoms with Crippen LogP contribution < -0.4 is 5.14 Å². The zero-order chi connectivity index (χ0) is 14.0. The SMILES string of the molecule is COC(c1ccc(CS(N)(=O)=O)cc1)C(F)(F)F. The van der Waals surface area contributed by atoms with Crippen molar-refractivity contribution in [1.29, 1.82) is 0 Å². The maximum Gasteiger partial charge on any atom is 0.418 e. The van der Waals surface area contributed by atoms with Crippen molar-refractivity contribution in [1.82, 2.24) is 0 Å². The first-order chi connectivity index (χ1) is 8.13. The lowest BCUT2D eigenvalue weighted by atomic mass is 10.1. The van der Waals surface area contributed by atoms with Crippen molar-refractivity contribution in [2.45, 2.75) is 18.0 Å². The molecule has 1 aromatic carbocycles. The molecule has 0 bridgehead atoms. The van der Waals surface area contributed by atoms with Gasteiger partial charge in [0.2, 0.25) is 10.0 Å². The van der Waals surface area contributed by atoms with E-state index in [9.17, 15) is 21.6 Å². The lowest BCUT2D eigenvalue weighted by Gasteiger charge is -2.19. The summed E-state index contributed by atoms with van der Waals surface area (Å²) in [6.07, 6.45) is -6.54. The molecule has 0 aliphatic heterocycles. The van der Waals surface area contributed by atoms with Gasteiger partial charge in [0.1, 0.15) is 0 Å². The fourth-order valence-electron chi connectivity index (χ4n) is 1.48. The first-order valence-electron chi connectivity index (χ1n) is 4.82. The van der Waals surface area contributed by atoms with Crippen molar-refractivity contribution in [2.24, 2.45) is 5.14 Å². The van der Waals surface area contributed by atoms with Crippen molar-refractivity contribution in [2.75, 3.05) is 7.11 Å². The molecule has 0 heterocycles. The molecule has 102 valence electrons. The molecule has 1 atom stereocenters. The van der Waals surface area contributed by atoms with E-state index in [4.69, 9.17) is 5.14 Å². The lowest BCUT2D eigenvalue weighted by Crippen LogP contribution is -2.22. The number of sulfonamides is 1. The van der Waals surface area contributed by atoms with Crippen LogP contribution in [0.25, 0.3) is 0 Å². The number of benzene rings is 1. The minimum Gasteiger partial charge on any atom is -0.367 e. The number of hydrogen-bond acceptors (Lipinski definition) is 3. The molecule has 0 aliphatic carbocycles. The van der Waals surface area contributed by atoms with E-state index in [0.717, 1.165) is 7.11 Å². The fraction of sp³-hybridized carbons (Fsp3) is 0.400. The summed E-state index contributed by atoms with van der Waals surface area (Å²) in [5, 5.41) is 4.83. The van der Waals surface area contributed by atoms with Crippen LogP contribution in [-0.2, 0) is 20.5 Å². The second-order valence-electron chi connectivity index (χ2n) is 3.71. The molecule has 0 aromatic heterocycles. The Morgan fingerprint density at radius 2 is 1.78 bits per heavy atom. The van der Waals surface area contributed by atoms with Gasteiger partial charge in [0.25, 0.3) is 0 Å². The summed E-state index contributed by atoms with van der Waals surface area (Å²) in [7, 11) is -2.74. The van der Waals surface area contributed by atoms with Gasteiger partial charge in [-0.1, -0.05) is 24.3 Å². The number of halogens is 3. The van der Waals surface area contributed by atoms with Crippen LogP contribution in [-0.4, -0.2) is 21.7 Å². The molecule has 0 fully saturated rings. The van der Waals surface area contributed by atoms with E-state index in [-0.39, 0.29) is 5.56 Å². The average molecular weight is 283 g/mol. The number of primary sulfonamides is 1. The molecule has 8 heteroatoms. The minimum absolute atomic E-state index is 0.0943. The van der Waals surface area contributed by atoms with E-state index in [1.807, 2.05) is 0 Å². The lowest BCUT2D eigenvalue weighted by molar-refractivity contribution is -0.215. The molecule has 0 aliphatic rings. The number of nitrogens with two attached hydrogens (primary N) is 1. The van der Waals surface area contributed by atoms with Gasteiger partial charge in [0.05, 0.1) is 5.75 Å². The Balaban J connectivity index is 2.95. The van der Waals surface area contributed by atoms with Gasteiger partial charge in [-0.2, -0.15) is 13.2 Å². The van der Waals surface area contributed by atoms with Gasteiger partial charge in [-0.05, 0) is 11.1 Å². The van der Waals surface area contributed by atoms with E-state index >= 15 is 0 Å². The Labute approximate surface area is 103 Å². The second kappa shape index (κ2) is 5.25. The molecule has 1 unspecified atom stereocenters. The van der Waals surface area contributed by atoms with Gasteiger partial charge < -0.3 is 4.74 Å². The second-order valence-corrected chi connectivity index (χ2v) is 5.32. The minimum atomic E-state index is -4.52. The highest BCUT2D eigenvalue weighted by molar-refractivity contribution is 7.88. The van der Waals surface area contributed by atoms with Crippen LogP contribution in [0.4, 0.5) is 13.2 Å². The van der Waals surface area contributed by atoms with Crippen LogP contribution in [0, 0.1) is 0 Å². The van der Waals surface area contributed by atoms with Gasteiger partial charge >= 0.3 is 6.18 Å². The highest BCUT2D eigenvalue weighted by Crippen LogP contribution is 2.35. The monoisotopic (exact) mass is 283 g/mol. The molecule has 18 heavy (non-hydrogen) atoms. The van der Waals surface area contributed by atoms with Crippen molar-refractivity contribution in [3.8, 4) is 0 Å². The maximum absolute atomic E-state index is 12.5. The Morgan fingerprint density at radius 1 is 1.28 bits per heavy atom. The van der Waals surface area contributed by atoms with Crippen molar-refractivity contribution in [3.63, 3.8) is 0 Å². The Morgan fingerprint density at radius 3 is 2.11 bits per heavy atom. The number of hydrogen-bond donors (Lipinski definition) is 1. The van der Waals surface area contributed by atoms with Crippen LogP contribution >= 0.6 is 0 Å². The summed E-state index contributed by atoms with van der Waals surface area (Å²) in [4.78, 5) is 0. The van der Waals surface area contributed by atoms with Crippen molar-refractivity contribution in [3.05, 3.63) is 35.4 Å². The summed E-state index contributed by atoms with van der Waals surface area (Å²) in [6.45, 7) is 0. The summed E-state index contributed by atoms with van der Waals surface area (Å²) in [5.41, 5.74) is 0.224. The third-order valence-corrected chi connectivity index (χ3v) is 2.92. The molecule has 2 N–H and O–H groups in total. The van der Waals surface area contributed by atoms with Crippen LogP contribution in [0.5, 0.6) is 0 Å². The number of ether oxygens (including phenoxy) is 1. The van der Waals surface area contributed by atoms with E-state index < -0.39 is 28.1 Å². The van der Waals surface area contributed by atoms with Crippen molar-refractivity contribution >= 4 is 10.0 Å². The van der Waals surface area contributed by atoms with E-state index in [1.54, 1.807) is 0 Å². The quantitative estimate of drug-likeness (QED) is 0.914. The van der Waals surface area contributed by atoms with E-state index in [1.165, 1.54) is 24.3 Å². The van der Waals surface area contributed by atoms with E-state index in [0.29, 0.717) is 5.56 Å².